The molecule has 1 unspecified atom stereocenters. The molecule has 0 radical (unpaired) electrons. The number of para-hydroxylation sites is 1. The molecule has 2 heterocycles. The molecule has 7 aromatic rings. The van der Waals surface area contributed by atoms with E-state index in [1.165, 1.54) is 0 Å². The van der Waals surface area contributed by atoms with Crippen molar-refractivity contribution in [3.05, 3.63) is 172 Å². The molecule has 7 rings (SSSR count). The fourth-order valence-corrected chi connectivity index (χ4v) is 5.95. The summed E-state index contributed by atoms with van der Waals surface area (Å²) in [7, 11) is 0. The van der Waals surface area contributed by atoms with E-state index < -0.39 is 6.04 Å². The van der Waals surface area contributed by atoms with Gasteiger partial charge < -0.3 is 4.42 Å². The highest BCUT2D eigenvalue weighted by molar-refractivity contribution is 5.95. The molecule has 2 aromatic heterocycles. The van der Waals surface area contributed by atoms with E-state index in [1.54, 1.807) is 6.07 Å². The van der Waals surface area contributed by atoms with E-state index in [2.05, 4.69) is 42.7 Å². The van der Waals surface area contributed by atoms with Crippen molar-refractivity contribution in [3.63, 3.8) is 0 Å². The van der Waals surface area contributed by atoms with Crippen LogP contribution in [-0.2, 0) is 6.54 Å². The number of imidazole rings is 1. The SMILES string of the molecule is Cc1cc2c(cc1C)[n+](CC(=O)c1ccc(-c3ccccc3)cc1)cn2C(c1ccccc1)c1cc2ccccc2oc1=O. The maximum atomic E-state index is 13.7. The molecule has 0 aliphatic heterocycles. The fourth-order valence-electron chi connectivity index (χ4n) is 5.95. The Bertz CT molecular complexity index is 2200. The molecule has 1 atom stereocenters. The normalized spacial score (nSPS) is 12.0. The number of carbonyl (C=O) groups excluding carboxylic acids is 1. The summed E-state index contributed by atoms with van der Waals surface area (Å²) in [5.74, 6) is 0.00775. The number of ketones is 1. The summed E-state index contributed by atoms with van der Waals surface area (Å²) in [5, 5.41) is 0.855. The Labute approximate surface area is 255 Å². The Morgan fingerprint density at radius 2 is 1.39 bits per heavy atom. The van der Waals surface area contributed by atoms with Gasteiger partial charge in [-0.1, -0.05) is 103 Å². The van der Waals surface area contributed by atoms with Crippen molar-refractivity contribution in [3.8, 4) is 11.1 Å². The van der Waals surface area contributed by atoms with Crippen LogP contribution in [0, 0.1) is 13.8 Å². The van der Waals surface area contributed by atoms with Crippen molar-refractivity contribution >= 4 is 27.8 Å². The minimum atomic E-state index is -0.469. The first-order chi connectivity index (χ1) is 21.5. The van der Waals surface area contributed by atoms with Crippen LogP contribution in [0.1, 0.15) is 38.7 Å². The van der Waals surface area contributed by atoms with Crippen molar-refractivity contribution in [2.75, 3.05) is 0 Å². The summed E-state index contributed by atoms with van der Waals surface area (Å²) in [4.78, 5) is 27.2. The lowest BCUT2D eigenvalue weighted by molar-refractivity contribution is -0.658. The summed E-state index contributed by atoms with van der Waals surface area (Å²) < 4.78 is 9.91. The third-order valence-electron chi connectivity index (χ3n) is 8.43. The number of hydrogen-bond acceptors (Lipinski definition) is 3. The Kier molecular flexibility index (Phi) is 6.99. The van der Waals surface area contributed by atoms with Gasteiger partial charge in [-0.15, -0.1) is 0 Å². The molecule has 44 heavy (non-hydrogen) atoms. The summed E-state index contributed by atoms with van der Waals surface area (Å²) in [6.45, 7) is 4.32. The highest BCUT2D eigenvalue weighted by Crippen LogP contribution is 2.31. The van der Waals surface area contributed by atoms with Crippen LogP contribution in [0.2, 0.25) is 0 Å². The van der Waals surface area contributed by atoms with Crippen LogP contribution in [0.15, 0.2) is 143 Å². The standard InChI is InChI=1S/C39H31N2O3/c1-26-21-34-35(22-27(26)2)41(25-40(34)24-36(42)30-19-17-29(18-20-30)28-11-5-3-6-12-28)38(31-13-7-4-8-14-31)33-23-32-15-9-10-16-37(32)44-39(33)43/h3-23,25,38H,24H2,1-2H3/q+1. The lowest BCUT2D eigenvalue weighted by Gasteiger charge is -2.15. The molecule has 5 heteroatoms. The van der Waals surface area contributed by atoms with Crippen LogP contribution >= 0.6 is 0 Å². The summed E-state index contributed by atoms with van der Waals surface area (Å²) >= 11 is 0. The summed E-state index contributed by atoms with van der Waals surface area (Å²) in [6.07, 6.45) is 1.96. The van der Waals surface area contributed by atoms with Gasteiger partial charge >= 0.3 is 5.63 Å². The summed E-state index contributed by atoms with van der Waals surface area (Å²) in [5.41, 5.74) is 8.58. The Hall–Kier alpha value is -5.55. The second-order valence-corrected chi connectivity index (χ2v) is 11.3. The molecular weight excluding hydrogens is 544 g/mol. The van der Waals surface area contributed by atoms with E-state index in [-0.39, 0.29) is 18.0 Å². The number of aromatic nitrogens is 2. The van der Waals surface area contributed by atoms with Crippen molar-refractivity contribution in [2.24, 2.45) is 0 Å². The van der Waals surface area contributed by atoms with Gasteiger partial charge in [-0.05, 0) is 60.4 Å². The number of benzene rings is 5. The third kappa shape index (κ3) is 5.03. The number of rotatable bonds is 7. The van der Waals surface area contributed by atoms with E-state index in [9.17, 15) is 9.59 Å². The quantitative estimate of drug-likeness (QED) is 0.111. The predicted molar refractivity (Wildman–Crippen MR) is 174 cm³/mol. The number of hydrogen-bond donors (Lipinski definition) is 0. The number of aryl methyl sites for hydroxylation is 2. The average Bonchev–Trinajstić information content (AvgIpc) is 3.38. The number of nitrogens with zero attached hydrogens (tertiary/aromatic N) is 2. The molecule has 0 bridgehead atoms. The number of carbonyl (C=O) groups is 1. The average molecular weight is 576 g/mol. The van der Waals surface area contributed by atoms with E-state index in [0.29, 0.717) is 16.7 Å². The van der Waals surface area contributed by atoms with Gasteiger partial charge in [0.05, 0.1) is 5.56 Å². The predicted octanol–water partition coefficient (Wildman–Crippen LogP) is 7.84. The zero-order valence-corrected chi connectivity index (χ0v) is 24.6. The number of Topliss-reactive ketones (excluding diaryl/α,β-unsaturated/α-hetero) is 1. The van der Waals surface area contributed by atoms with Gasteiger partial charge in [0.2, 0.25) is 12.1 Å². The van der Waals surface area contributed by atoms with Crippen molar-refractivity contribution in [2.45, 2.75) is 26.4 Å². The molecular formula is C39H31N2O3+. The maximum absolute atomic E-state index is 13.7. The van der Waals surface area contributed by atoms with E-state index >= 15 is 0 Å². The second kappa shape index (κ2) is 11.3. The molecule has 0 spiro atoms. The molecule has 0 amide bonds. The molecule has 0 aliphatic rings. The first-order valence-corrected chi connectivity index (χ1v) is 14.7. The van der Waals surface area contributed by atoms with Crippen molar-refractivity contribution in [1.82, 2.24) is 4.57 Å². The Morgan fingerprint density at radius 1 is 0.750 bits per heavy atom. The second-order valence-electron chi connectivity index (χ2n) is 11.3. The van der Waals surface area contributed by atoms with E-state index in [4.69, 9.17) is 4.42 Å². The van der Waals surface area contributed by atoms with Gasteiger partial charge in [0, 0.05) is 16.5 Å². The van der Waals surface area contributed by atoms with Crippen LogP contribution in [0.3, 0.4) is 0 Å². The third-order valence-corrected chi connectivity index (χ3v) is 8.43. The van der Waals surface area contributed by atoms with E-state index in [1.807, 2.05) is 108 Å². The largest absolute Gasteiger partial charge is 0.422 e. The first-order valence-electron chi connectivity index (χ1n) is 14.7. The zero-order valence-electron chi connectivity index (χ0n) is 24.6. The van der Waals surface area contributed by atoms with Gasteiger partial charge in [0.25, 0.3) is 0 Å². The molecule has 0 fully saturated rings. The molecule has 0 N–H and O–H groups in total. The van der Waals surface area contributed by atoms with Crippen LogP contribution in [0.25, 0.3) is 33.1 Å². The first kappa shape index (κ1) is 27.3. The van der Waals surface area contributed by atoms with Crippen LogP contribution < -0.4 is 10.2 Å². The lowest BCUT2D eigenvalue weighted by Crippen LogP contribution is -2.37. The molecule has 0 saturated heterocycles. The maximum Gasteiger partial charge on any atom is 0.344 e. The van der Waals surface area contributed by atoms with E-state index in [0.717, 1.165) is 44.2 Å². The smallest absolute Gasteiger partial charge is 0.344 e. The molecule has 5 aromatic carbocycles. The van der Waals surface area contributed by atoms with Gasteiger partial charge in [0.15, 0.2) is 23.6 Å². The molecule has 0 saturated carbocycles. The van der Waals surface area contributed by atoms with Crippen molar-refractivity contribution in [1.29, 1.82) is 0 Å². The minimum absolute atomic E-state index is 0.00775. The van der Waals surface area contributed by atoms with Crippen molar-refractivity contribution < 1.29 is 13.8 Å². The highest BCUT2D eigenvalue weighted by atomic mass is 16.4. The van der Waals surface area contributed by atoms with Crippen LogP contribution in [0.5, 0.6) is 0 Å². The minimum Gasteiger partial charge on any atom is -0.422 e. The lowest BCUT2D eigenvalue weighted by atomic mass is 9.98. The molecule has 5 nitrogen and oxygen atoms in total. The summed E-state index contributed by atoms with van der Waals surface area (Å²) in [6, 6.07) is 41.1. The Balaban J connectivity index is 1.35. The molecule has 214 valence electrons. The Morgan fingerprint density at radius 3 is 2.14 bits per heavy atom. The number of fused-ring (bicyclic) bond motifs is 2. The van der Waals surface area contributed by atoms with Crippen LogP contribution in [0.4, 0.5) is 0 Å². The van der Waals surface area contributed by atoms with Gasteiger partial charge in [-0.2, -0.15) is 0 Å². The molecule has 0 aliphatic carbocycles. The monoisotopic (exact) mass is 575 g/mol. The van der Waals surface area contributed by atoms with Gasteiger partial charge in [0.1, 0.15) is 5.58 Å². The fraction of sp³-hybridized carbons (Fsp3) is 0.103. The van der Waals surface area contributed by atoms with Gasteiger partial charge in [-0.25, -0.2) is 13.9 Å². The van der Waals surface area contributed by atoms with Gasteiger partial charge in [-0.3, -0.25) is 4.79 Å². The van der Waals surface area contributed by atoms with Crippen LogP contribution in [-0.4, -0.2) is 10.4 Å². The zero-order chi connectivity index (χ0) is 30.2. The highest BCUT2D eigenvalue weighted by Gasteiger charge is 2.30. The topological polar surface area (TPSA) is 56.1 Å².